The van der Waals surface area contributed by atoms with Crippen LogP contribution in [-0.4, -0.2) is 20.1 Å². The van der Waals surface area contributed by atoms with Crippen molar-refractivity contribution in [2.24, 2.45) is 10.8 Å². The van der Waals surface area contributed by atoms with E-state index in [1.165, 1.54) is 18.2 Å². The zero-order valence-electron chi connectivity index (χ0n) is 15.6. The average molecular weight is 432 g/mol. The lowest BCUT2D eigenvalue weighted by Gasteiger charge is -2.19. The second-order valence-electron chi connectivity index (χ2n) is 8.57. The zero-order chi connectivity index (χ0) is 19.6. The molecule has 0 spiro atoms. The maximum absolute atomic E-state index is 12.6. The Labute approximate surface area is 158 Å². The topological polar surface area (TPSA) is 80.3 Å². The highest BCUT2D eigenvalue weighted by molar-refractivity contribution is 9.10. The standard InChI is InChI=1S/C18H26BrNO4S/c1-17(2,3)10-14(21)13-9-12(19)7-8-15(13)25(23,24)20-16(22)11-18(4,5)6/h7-9H,10-11H2,1-6H3,(H,20,22). The highest BCUT2D eigenvalue weighted by Crippen LogP contribution is 2.27. The third kappa shape index (κ3) is 7.28. The SMILES string of the molecule is CC(C)(C)CC(=O)NS(=O)(=O)c1ccc(Br)cc1C(=O)CC(C)(C)C. The van der Waals surface area contributed by atoms with Crippen molar-refractivity contribution >= 4 is 37.6 Å². The minimum Gasteiger partial charge on any atom is -0.294 e. The molecule has 25 heavy (non-hydrogen) atoms. The molecule has 1 aromatic carbocycles. The number of rotatable bonds is 5. The molecule has 0 saturated heterocycles. The van der Waals surface area contributed by atoms with Crippen molar-refractivity contribution in [3.63, 3.8) is 0 Å². The number of hydrogen-bond donors (Lipinski definition) is 1. The number of Topliss-reactive ketones (excluding diaryl/α,β-unsaturated/α-hetero) is 1. The molecule has 0 aromatic heterocycles. The van der Waals surface area contributed by atoms with E-state index in [0.29, 0.717) is 4.47 Å². The molecule has 1 aromatic rings. The first kappa shape index (κ1) is 21.8. The third-order valence-corrected chi connectivity index (χ3v) is 5.09. The Morgan fingerprint density at radius 3 is 2.00 bits per heavy atom. The monoisotopic (exact) mass is 431 g/mol. The highest BCUT2D eigenvalue weighted by Gasteiger charge is 2.28. The fourth-order valence-electron chi connectivity index (χ4n) is 2.25. The van der Waals surface area contributed by atoms with Gasteiger partial charge in [-0.2, -0.15) is 0 Å². The Balaban J connectivity index is 3.23. The Morgan fingerprint density at radius 1 is 1.00 bits per heavy atom. The van der Waals surface area contributed by atoms with Crippen molar-refractivity contribution in [1.82, 2.24) is 4.72 Å². The van der Waals surface area contributed by atoms with Crippen molar-refractivity contribution < 1.29 is 18.0 Å². The van der Waals surface area contributed by atoms with Crippen LogP contribution in [0.1, 0.15) is 64.7 Å². The molecule has 5 nitrogen and oxygen atoms in total. The molecule has 0 aliphatic rings. The van der Waals surface area contributed by atoms with E-state index in [4.69, 9.17) is 0 Å². The predicted molar refractivity (Wildman–Crippen MR) is 102 cm³/mol. The second kappa shape index (κ2) is 7.58. The van der Waals surface area contributed by atoms with Crippen LogP contribution in [0.25, 0.3) is 0 Å². The number of halogens is 1. The van der Waals surface area contributed by atoms with Gasteiger partial charge < -0.3 is 0 Å². The Hall–Kier alpha value is -1.21. The minimum atomic E-state index is -4.12. The molecular weight excluding hydrogens is 406 g/mol. The molecule has 1 rings (SSSR count). The fraction of sp³-hybridized carbons (Fsp3) is 0.556. The van der Waals surface area contributed by atoms with E-state index in [1.54, 1.807) is 0 Å². The molecule has 1 amide bonds. The molecule has 0 unspecified atom stereocenters. The lowest BCUT2D eigenvalue weighted by Crippen LogP contribution is -2.34. The summed E-state index contributed by atoms with van der Waals surface area (Å²) >= 11 is 3.27. The Bertz CT molecular complexity index is 771. The number of benzene rings is 1. The largest absolute Gasteiger partial charge is 0.294 e. The van der Waals surface area contributed by atoms with Gasteiger partial charge in [-0.1, -0.05) is 57.5 Å². The summed E-state index contributed by atoms with van der Waals surface area (Å²) in [5, 5.41) is 0. The molecule has 140 valence electrons. The van der Waals surface area contributed by atoms with Crippen molar-refractivity contribution in [3.05, 3.63) is 28.2 Å². The molecule has 0 fully saturated rings. The van der Waals surface area contributed by atoms with E-state index in [-0.39, 0.29) is 39.9 Å². The Kier molecular flexibility index (Phi) is 6.62. The van der Waals surface area contributed by atoms with Gasteiger partial charge in [0.25, 0.3) is 10.0 Å². The first-order valence-corrected chi connectivity index (χ1v) is 10.3. The number of sulfonamides is 1. The first-order chi connectivity index (χ1) is 11.1. The van der Waals surface area contributed by atoms with E-state index >= 15 is 0 Å². The molecule has 0 aliphatic heterocycles. The van der Waals surface area contributed by atoms with Crippen LogP contribution in [0.15, 0.2) is 27.6 Å². The van der Waals surface area contributed by atoms with E-state index < -0.39 is 15.9 Å². The zero-order valence-corrected chi connectivity index (χ0v) is 18.0. The predicted octanol–water partition coefficient (Wildman–Crippen LogP) is 4.31. The lowest BCUT2D eigenvalue weighted by molar-refractivity contribution is -0.121. The second-order valence-corrected chi connectivity index (χ2v) is 11.1. The summed E-state index contributed by atoms with van der Waals surface area (Å²) in [4.78, 5) is 24.5. The van der Waals surface area contributed by atoms with Crippen LogP contribution in [0.2, 0.25) is 0 Å². The summed E-state index contributed by atoms with van der Waals surface area (Å²) in [5.41, 5.74) is -0.541. The highest BCUT2D eigenvalue weighted by atomic mass is 79.9. The fourth-order valence-corrected chi connectivity index (χ4v) is 3.81. The van der Waals surface area contributed by atoms with Crippen LogP contribution >= 0.6 is 15.9 Å². The van der Waals surface area contributed by atoms with Gasteiger partial charge in [0.05, 0.1) is 4.90 Å². The summed E-state index contributed by atoms with van der Waals surface area (Å²) in [6, 6.07) is 4.36. The van der Waals surface area contributed by atoms with Crippen LogP contribution in [0.5, 0.6) is 0 Å². The van der Waals surface area contributed by atoms with Gasteiger partial charge in [-0.3, -0.25) is 9.59 Å². The molecule has 7 heteroatoms. The normalized spacial score (nSPS) is 12.8. The van der Waals surface area contributed by atoms with Gasteiger partial charge in [-0.25, -0.2) is 13.1 Å². The summed E-state index contributed by atoms with van der Waals surface area (Å²) in [6.45, 7) is 11.2. The van der Waals surface area contributed by atoms with E-state index in [1.807, 2.05) is 41.5 Å². The van der Waals surface area contributed by atoms with Gasteiger partial charge in [-0.05, 0) is 29.0 Å². The van der Waals surface area contributed by atoms with Crippen molar-refractivity contribution in [1.29, 1.82) is 0 Å². The summed E-state index contributed by atoms with van der Waals surface area (Å²) in [5.74, 6) is -0.873. The number of nitrogens with one attached hydrogen (secondary N) is 1. The minimum absolute atomic E-state index is 0.0635. The number of carbonyl (C=O) groups is 2. The molecule has 0 aliphatic carbocycles. The number of carbonyl (C=O) groups excluding carboxylic acids is 2. The first-order valence-electron chi connectivity index (χ1n) is 7.99. The van der Waals surface area contributed by atoms with Crippen LogP contribution in [0.4, 0.5) is 0 Å². The van der Waals surface area contributed by atoms with Crippen molar-refractivity contribution in [2.75, 3.05) is 0 Å². The number of amides is 1. The van der Waals surface area contributed by atoms with E-state index in [9.17, 15) is 18.0 Å². The molecule has 1 N–H and O–H groups in total. The van der Waals surface area contributed by atoms with E-state index in [2.05, 4.69) is 20.7 Å². The molecule has 0 saturated carbocycles. The Morgan fingerprint density at radius 2 is 1.52 bits per heavy atom. The van der Waals surface area contributed by atoms with Crippen LogP contribution < -0.4 is 4.72 Å². The third-order valence-electron chi connectivity index (χ3n) is 3.16. The number of hydrogen-bond acceptors (Lipinski definition) is 4. The molecule has 0 heterocycles. The summed E-state index contributed by atoms with van der Waals surface area (Å²) in [7, 11) is -4.12. The average Bonchev–Trinajstić information content (AvgIpc) is 2.32. The number of ketones is 1. The quantitative estimate of drug-likeness (QED) is 0.704. The van der Waals surface area contributed by atoms with Gasteiger partial charge >= 0.3 is 0 Å². The summed E-state index contributed by atoms with van der Waals surface area (Å²) in [6.07, 6.45) is 0.260. The molecule has 0 radical (unpaired) electrons. The van der Waals surface area contributed by atoms with Crippen LogP contribution in [0, 0.1) is 10.8 Å². The van der Waals surface area contributed by atoms with Gasteiger partial charge in [0.2, 0.25) is 5.91 Å². The van der Waals surface area contributed by atoms with Crippen molar-refractivity contribution in [3.8, 4) is 0 Å². The summed E-state index contributed by atoms with van der Waals surface area (Å²) < 4.78 is 27.9. The van der Waals surface area contributed by atoms with Gasteiger partial charge in [0.1, 0.15) is 0 Å². The van der Waals surface area contributed by atoms with Gasteiger partial charge in [-0.15, -0.1) is 0 Å². The molecule has 0 atom stereocenters. The lowest BCUT2D eigenvalue weighted by atomic mass is 9.88. The molecular formula is C18H26BrNO4S. The maximum Gasteiger partial charge on any atom is 0.264 e. The van der Waals surface area contributed by atoms with Crippen LogP contribution in [-0.2, 0) is 14.8 Å². The van der Waals surface area contributed by atoms with E-state index in [0.717, 1.165) is 0 Å². The smallest absolute Gasteiger partial charge is 0.264 e. The maximum atomic E-state index is 12.6. The van der Waals surface area contributed by atoms with Gasteiger partial charge in [0, 0.05) is 22.9 Å². The van der Waals surface area contributed by atoms with Gasteiger partial charge in [0.15, 0.2) is 5.78 Å². The van der Waals surface area contributed by atoms with Crippen LogP contribution in [0.3, 0.4) is 0 Å². The molecule has 0 bridgehead atoms. The van der Waals surface area contributed by atoms with Crippen molar-refractivity contribution in [2.45, 2.75) is 59.3 Å².